The third-order valence-corrected chi connectivity index (χ3v) is 4.48. The molecule has 1 saturated carbocycles. The Labute approximate surface area is 117 Å². The maximum Gasteiger partial charge on any atom is 0.0669 e. The van der Waals surface area contributed by atoms with Gasteiger partial charge in [-0.2, -0.15) is 5.10 Å². The topological polar surface area (TPSA) is 29.9 Å². The van der Waals surface area contributed by atoms with Crippen molar-refractivity contribution in [1.82, 2.24) is 15.1 Å². The third-order valence-electron chi connectivity index (χ3n) is 4.48. The Morgan fingerprint density at radius 2 is 2.21 bits per heavy atom. The van der Waals surface area contributed by atoms with Gasteiger partial charge in [0.25, 0.3) is 0 Å². The quantitative estimate of drug-likeness (QED) is 0.881. The van der Waals surface area contributed by atoms with Crippen molar-refractivity contribution in [3.8, 4) is 0 Å². The predicted octanol–water partition coefficient (Wildman–Crippen LogP) is 3.46. The van der Waals surface area contributed by atoms with Crippen LogP contribution in [0.1, 0.15) is 63.8 Å². The van der Waals surface area contributed by atoms with Crippen LogP contribution in [0.2, 0.25) is 0 Å². The van der Waals surface area contributed by atoms with E-state index in [9.17, 15) is 0 Å². The molecule has 19 heavy (non-hydrogen) atoms. The van der Waals surface area contributed by atoms with Crippen molar-refractivity contribution in [2.24, 2.45) is 18.9 Å². The van der Waals surface area contributed by atoms with Gasteiger partial charge in [0.2, 0.25) is 0 Å². The van der Waals surface area contributed by atoms with Gasteiger partial charge in [0.15, 0.2) is 0 Å². The first-order chi connectivity index (χ1) is 9.15. The van der Waals surface area contributed by atoms with Gasteiger partial charge in [-0.05, 0) is 37.6 Å². The number of aromatic nitrogens is 2. The molecule has 0 radical (unpaired) electrons. The zero-order valence-electron chi connectivity index (χ0n) is 12.9. The van der Waals surface area contributed by atoms with Crippen LogP contribution >= 0.6 is 0 Å². The van der Waals surface area contributed by atoms with Gasteiger partial charge in [-0.3, -0.25) is 4.68 Å². The van der Waals surface area contributed by atoms with Crippen LogP contribution in [-0.4, -0.2) is 16.3 Å². The Morgan fingerprint density at radius 3 is 2.84 bits per heavy atom. The van der Waals surface area contributed by atoms with E-state index in [0.29, 0.717) is 6.04 Å². The summed E-state index contributed by atoms with van der Waals surface area (Å²) in [6.07, 6.45) is 8.76. The summed E-state index contributed by atoms with van der Waals surface area (Å²) in [5.74, 6) is 1.65. The lowest BCUT2D eigenvalue weighted by atomic mass is 9.76. The molecule has 0 amide bonds. The van der Waals surface area contributed by atoms with E-state index in [0.717, 1.165) is 24.8 Å². The van der Waals surface area contributed by atoms with E-state index in [1.807, 2.05) is 11.7 Å². The molecule has 1 aliphatic rings. The first-order valence-corrected chi connectivity index (χ1v) is 7.91. The molecule has 1 aromatic heterocycles. The van der Waals surface area contributed by atoms with Gasteiger partial charge in [-0.15, -0.1) is 0 Å². The van der Waals surface area contributed by atoms with Gasteiger partial charge in [-0.1, -0.05) is 33.6 Å². The minimum absolute atomic E-state index is 0.497. The fourth-order valence-corrected chi connectivity index (χ4v) is 3.62. The van der Waals surface area contributed by atoms with E-state index in [1.54, 1.807) is 0 Å². The molecule has 1 aromatic rings. The summed E-state index contributed by atoms with van der Waals surface area (Å²) in [6.45, 7) is 7.85. The van der Waals surface area contributed by atoms with Crippen molar-refractivity contribution in [2.75, 3.05) is 6.54 Å². The van der Waals surface area contributed by atoms with Gasteiger partial charge in [-0.25, -0.2) is 0 Å². The lowest BCUT2D eigenvalue weighted by Crippen LogP contribution is -2.31. The molecule has 1 heterocycles. The highest BCUT2D eigenvalue weighted by Gasteiger charge is 2.29. The first-order valence-electron chi connectivity index (χ1n) is 7.91. The van der Waals surface area contributed by atoms with Gasteiger partial charge < -0.3 is 5.32 Å². The van der Waals surface area contributed by atoms with Crippen LogP contribution in [0.5, 0.6) is 0 Å². The average Bonchev–Trinajstić information content (AvgIpc) is 2.77. The van der Waals surface area contributed by atoms with Gasteiger partial charge >= 0.3 is 0 Å². The second-order valence-electron chi connectivity index (χ2n) is 6.13. The Balaban J connectivity index is 2.22. The van der Waals surface area contributed by atoms with E-state index in [-0.39, 0.29) is 0 Å². The van der Waals surface area contributed by atoms with Crippen LogP contribution in [0.25, 0.3) is 0 Å². The molecule has 3 atom stereocenters. The summed E-state index contributed by atoms with van der Waals surface area (Å²) < 4.78 is 1.98. The van der Waals surface area contributed by atoms with Crippen molar-refractivity contribution >= 4 is 0 Å². The van der Waals surface area contributed by atoms with Crippen LogP contribution in [-0.2, 0) is 13.5 Å². The second-order valence-corrected chi connectivity index (χ2v) is 6.13. The fourth-order valence-electron chi connectivity index (χ4n) is 3.62. The van der Waals surface area contributed by atoms with E-state index in [2.05, 4.69) is 37.4 Å². The number of nitrogens with one attached hydrogen (secondary N) is 1. The van der Waals surface area contributed by atoms with Crippen molar-refractivity contribution < 1.29 is 0 Å². The number of rotatable bonds is 5. The lowest BCUT2D eigenvalue weighted by Gasteiger charge is -2.33. The maximum atomic E-state index is 4.62. The molecule has 3 nitrogen and oxygen atoms in total. The van der Waals surface area contributed by atoms with Crippen molar-refractivity contribution in [2.45, 2.75) is 58.9 Å². The SMILES string of the molecule is CCNC(c1cn(C)nc1CC)C1CCCC(C)C1. The zero-order valence-corrected chi connectivity index (χ0v) is 12.9. The predicted molar refractivity (Wildman–Crippen MR) is 80.1 cm³/mol. The molecule has 108 valence electrons. The molecular weight excluding hydrogens is 234 g/mol. The van der Waals surface area contributed by atoms with Crippen LogP contribution in [0.15, 0.2) is 6.20 Å². The van der Waals surface area contributed by atoms with Crippen LogP contribution < -0.4 is 5.32 Å². The Hall–Kier alpha value is -0.830. The molecule has 3 unspecified atom stereocenters. The minimum atomic E-state index is 0.497. The summed E-state index contributed by atoms with van der Waals surface area (Å²) in [5.41, 5.74) is 2.71. The van der Waals surface area contributed by atoms with Crippen molar-refractivity contribution in [1.29, 1.82) is 0 Å². The van der Waals surface area contributed by atoms with E-state index in [1.165, 1.54) is 36.9 Å². The summed E-state index contributed by atoms with van der Waals surface area (Å²) >= 11 is 0. The summed E-state index contributed by atoms with van der Waals surface area (Å²) in [7, 11) is 2.04. The van der Waals surface area contributed by atoms with E-state index < -0.39 is 0 Å². The number of aryl methyl sites for hydroxylation is 2. The standard InChI is InChI=1S/C16H29N3/c1-5-15-14(11-19(4)18-15)16(17-6-2)13-9-7-8-12(3)10-13/h11-13,16-17H,5-10H2,1-4H3. The molecule has 0 aromatic carbocycles. The van der Waals surface area contributed by atoms with Crippen molar-refractivity contribution in [3.63, 3.8) is 0 Å². The number of hydrogen-bond acceptors (Lipinski definition) is 2. The Morgan fingerprint density at radius 1 is 1.42 bits per heavy atom. The monoisotopic (exact) mass is 263 g/mol. The zero-order chi connectivity index (χ0) is 13.8. The Bertz CT molecular complexity index is 397. The molecular formula is C16H29N3. The molecule has 1 fully saturated rings. The average molecular weight is 263 g/mol. The number of nitrogens with zero attached hydrogens (tertiary/aromatic N) is 2. The van der Waals surface area contributed by atoms with Crippen LogP contribution in [0, 0.1) is 11.8 Å². The largest absolute Gasteiger partial charge is 0.310 e. The Kier molecular flexibility index (Phi) is 5.03. The molecule has 2 rings (SSSR count). The highest BCUT2D eigenvalue weighted by Crippen LogP contribution is 2.37. The second kappa shape index (κ2) is 6.56. The summed E-state index contributed by atoms with van der Waals surface area (Å²) in [5, 5.41) is 8.35. The summed E-state index contributed by atoms with van der Waals surface area (Å²) in [4.78, 5) is 0. The van der Waals surface area contributed by atoms with E-state index >= 15 is 0 Å². The molecule has 0 saturated heterocycles. The molecule has 0 bridgehead atoms. The minimum Gasteiger partial charge on any atom is -0.310 e. The highest BCUT2D eigenvalue weighted by atomic mass is 15.3. The lowest BCUT2D eigenvalue weighted by molar-refractivity contribution is 0.224. The molecule has 0 spiro atoms. The molecule has 0 aliphatic heterocycles. The van der Waals surface area contributed by atoms with Crippen LogP contribution in [0.4, 0.5) is 0 Å². The smallest absolute Gasteiger partial charge is 0.0669 e. The number of hydrogen-bond donors (Lipinski definition) is 1. The fraction of sp³-hybridized carbons (Fsp3) is 0.812. The molecule has 3 heteroatoms. The third kappa shape index (κ3) is 3.38. The van der Waals surface area contributed by atoms with Gasteiger partial charge in [0.1, 0.15) is 0 Å². The normalized spacial score (nSPS) is 25.5. The van der Waals surface area contributed by atoms with Gasteiger partial charge in [0.05, 0.1) is 5.69 Å². The first kappa shape index (κ1) is 14.6. The van der Waals surface area contributed by atoms with Crippen LogP contribution in [0.3, 0.4) is 0 Å². The van der Waals surface area contributed by atoms with Crippen molar-refractivity contribution in [3.05, 3.63) is 17.5 Å². The molecule has 1 aliphatic carbocycles. The maximum absolute atomic E-state index is 4.62. The van der Waals surface area contributed by atoms with E-state index in [4.69, 9.17) is 0 Å². The van der Waals surface area contributed by atoms with Gasteiger partial charge in [0, 0.05) is 24.8 Å². The molecule has 1 N–H and O–H groups in total. The summed E-state index contributed by atoms with van der Waals surface area (Å²) in [6, 6.07) is 0.497. The highest BCUT2D eigenvalue weighted by molar-refractivity contribution is 5.22.